The molecule has 0 radical (unpaired) electrons. The van der Waals surface area contributed by atoms with Crippen molar-refractivity contribution < 1.29 is 14.1 Å². The number of nitrogens with zero attached hydrogens (tertiary/aromatic N) is 4. The van der Waals surface area contributed by atoms with Gasteiger partial charge < -0.3 is 19.1 Å². The molecule has 0 N–H and O–H groups in total. The smallest absolute Gasteiger partial charge is 0.259 e. The number of piperazine rings is 1. The van der Waals surface area contributed by atoms with Crippen LogP contribution in [0.2, 0.25) is 0 Å². The summed E-state index contributed by atoms with van der Waals surface area (Å²) in [7, 11) is 1.69. The predicted molar refractivity (Wildman–Crippen MR) is 116 cm³/mol. The first-order valence-electron chi connectivity index (χ1n) is 11.0. The van der Waals surface area contributed by atoms with Crippen molar-refractivity contribution in [3.05, 3.63) is 41.3 Å². The molecule has 7 nitrogen and oxygen atoms in total. The summed E-state index contributed by atoms with van der Waals surface area (Å²) in [6, 6.07) is 8.71. The second kappa shape index (κ2) is 9.08. The van der Waals surface area contributed by atoms with E-state index < -0.39 is 0 Å². The lowest BCUT2D eigenvalue weighted by atomic mass is 10.0. The number of carbonyl (C=O) groups is 1. The van der Waals surface area contributed by atoms with E-state index >= 15 is 0 Å². The number of piperidine rings is 1. The minimum absolute atomic E-state index is 0.0761. The Morgan fingerprint density at radius 3 is 2.57 bits per heavy atom. The topological polar surface area (TPSA) is 62.1 Å². The lowest BCUT2D eigenvalue weighted by molar-refractivity contribution is 0.0561. The maximum Gasteiger partial charge on any atom is 0.259 e. The van der Waals surface area contributed by atoms with Gasteiger partial charge in [-0.1, -0.05) is 12.1 Å². The van der Waals surface area contributed by atoms with Gasteiger partial charge in [0.1, 0.15) is 17.1 Å². The van der Waals surface area contributed by atoms with E-state index in [4.69, 9.17) is 9.26 Å². The number of aromatic nitrogens is 1. The van der Waals surface area contributed by atoms with Crippen LogP contribution in [-0.2, 0) is 6.42 Å². The molecule has 4 rings (SSSR count). The third kappa shape index (κ3) is 4.17. The van der Waals surface area contributed by atoms with Gasteiger partial charge in [0.05, 0.1) is 12.8 Å². The molecule has 1 atom stereocenters. The molecule has 1 amide bonds. The fraction of sp³-hybridized carbons (Fsp3) is 0.565. The van der Waals surface area contributed by atoms with Crippen LogP contribution in [0.25, 0.3) is 0 Å². The largest absolute Gasteiger partial charge is 0.497 e. The normalized spacial score (nSPS) is 20.4. The summed E-state index contributed by atoms with van der Waals surface area (Å²) in [5, 5.41) is 4.06. The number of hydrogen-bond donors (Lipinski definition) is 0. The summed E-state index contributed by atoms with van der Waals surface area (Å²) < 4.78 is 10.6. The molecule has 1 aromatic heterocycles. The van der Waals surface area contributed by atoms with Crippen LogP contribution in [0, 0.1) is 6.92 Å². The number of rotatable bonds is 5. The molecule has 162 valence electrons. The zero-order valence-corrected chi connectivity index (χ0v) is 18.3. The molecule has 2 fully saturated rings. The summed E-state index contributed by atoms with van der Waals surface area (Å²) in [5.41, 5.74) is 2.68. The van der Waals surface area contributed by atoms with Crippen molar-refractivity contribution in [1.82, 2.24) is 15.0 Å². The van der Waals surface area contributed by atoms with E-state index in [0.717, 1.165) is 63.6 Å². The van der Waals surface area contributed by atoms with E-state index in [-0.39, 0.29) is 5.91 Å². The van der Waals surface area contributed by atoms with Crippen LogP contribution in [0.3, 0.4) is 0 Å². The van der Waals surface area contributed by atoms with E-state index in [0.29, 0.717) is 23.8 Å². The molecule has 7 heteroatoms. The van der Waals surface area contributed by atoms with E-state index in [1.807, 2.05) is 30.9 Å². The van der Waals surface area contributed by atoms with Gasteiger partial charge in [0.15, 0.2) is 0 Å². The second-order valence-electron chi connectivity index (χ2n) is 8.18. The molecule has 2 aliphatic rings. The van der Waals surface area contributed by atoms with Crippen molar-refractivity contribution in [1.29, 1.82) is 0 Å². The Bertz CT molecular complexity index is 856. The standard InChI is InChI=1S/C23H32N4O3/c1-4-21-22(17(2)30-24-21)23(28)27-11-5-6-19(16-27)26-14-12-25(13-15-26)18-7-9-20(29-3)10-8-18/h7-10,19H,4-6,11-16H2,1-3H3. The molecule has 0 aliphatic carbocycles. The van der Waals surface area contributed by atoms with Crippen molar-refractivity contribution in [3.63, 3.8) is 0 Å². The number of aryl methyl sites for hydroxylation is 2. The SMILES string of the molecule is CCc1noc(C)c1C(=O)N1CCCC(N2CCN(c3ccc(OC)cc3)CC2)C1. The second-order valence-corrected chi connectivity index (χ2v) is 8.18. The number of benzene rings is 1. The third-order valence-corrected chi connectivity index (χ3v) is 6.43. The molecule has 1 unspecified atom stereocenters. The van der Waals surface area contributed by atoms with Crippen LogP contribution in [0.15, 0.2) is 28.8 Å². The van der Waals surface area contributed by atoms with E-state index in [1.54, 1.807) is 7.11 Å². The van der Waals surface area contributed by atoms with Crippen LogP contribution in [0.1, 0.15) is 41.6 Å². The number of likely N-dealkylation sites (tertiary alicyclic amines) is 1. The monoisotopic (exact) mass is 412 g/mol. The predicted octanol–water partition coefficient (Wildman–Crippen LogP) is 2.98. The van der Waals surface area contributed by atoms with Crippen LogP contribution < -0.4 is 9.64 Å². The van der Waals surface area contributed by atoms with Gasteiger partial charge in [0.2, 0.25) is 0 Å². The third-order valence-electron chi connectivity index (χ3n) is 6.43. The highest BCUT2D eigenvalue weighted by molar-refractivity contribution is 5.96. The molecular formula is C23H32N4O3. The van der Waals surface area contributed by atoms with Crippen molar-refractivity contribution >= 4 is 11.6 Å². The van der Waals surface area contributed by atoms with Gasteiger partial charge in [-0.2, -0.15) is 0 Å². The Morgan fingerprint density at radius 2 is 1.90 bits per heavy atom. The van der Waals surface area contributed by atoms with Crippen molar-refractivity contribution in [2.24, 2.45) is 0 Å². The number of anilines is 1. The minimum atomic E-state index is 0.0761. The van der Waals surface area contributed by atoms with Gasteiger partial charge in [0, 0.05) is 51.0 Å². The molecule has 1 aromatic carbocycles. The van der Waals surface area contributed by atoms with Gasteiger partial charge in [-0.15, -0.1) is 0 Å². The number of ether oxygens (including phenoxy) is 1. The van der Waals surface area contributed by atoms with E-state index in [9.17, 15) is 4.79 Å². The van der Waals surface area contributed by atoms with Crippen molar-refractivity contribution in [3.8, 4) is 5.75 Å². The molecule has 0 bridgehead atoms. The van der Waals surface area contributed by atoms with Gasteiger partial charge in [-0.25, -0.2) is 0 Å². The Balaban J connectivity index is 1.36. The summed E-state index contributed by atoms with van der Waals surface area (Å²) in [6.07, 6.45) is 2.90. The fourth-order valence-corrected chi connectivity index (χ4v) is 4.67. The Labute approximate surface area is 178 Å². The number of amides is 1. The molecule has 3 heterocycles. The Morgan fingerprint density at radius 1 is 1.17 bits per heavy atom. The van der Waals surface area contributed by atoms with Gasteiger partial charge >= 0.3 is 0 Å². The van der Waals surface area contributed by atoms with Crippen LogP contribution in [-0.4, -0.2) is 73.3 Å². The molecule has 0 spiro atoms. The molecule has 2 saturated heterocycles. The van der Waals surface area contributed by atoms with E-state index in [1.165, 1.54) is 5.69 Å². The minimum Gasteiger partial charge on any atom is -0.497 e. The number of hydrogen-bond acceptors (Lipinski definition) is 6. The first kappa shape index (κ1) is 20.7. The van der Waals surface area contributed by atoms with Gasteiger partial charge in [-0.05, 0) is 50.5 Å². The highest BCUT2D eigenvalue weighted by Gasteiger charge is 2.32. The average molecular weight is 413 g/mol. The quantitative estimate of drug-likeness (QED) is 0.752. The lowest BCUT2D eigenvalue weighted by Gasteiger charge is -2.44. The molecule has 30 heavy (non-hydrogen) atoms. The first-order chi connectivity index (χ1) is 14.6. The van der Waals surface area contributed by atoms with Crippen LogP contribution in [0.5, 0.6) is 5.75 Å². The average Bonchev–Trinajstić information content (AvgIpc) is 3.19. The molecule has 2 aliphatic heterocycles. The van der Waals surface area contributed by atoms with Crippen LogP contribution >= 0.6 is 0 Å². The maximum absolute atomic E-state index is 13.2. The Hall–Kier alpha value is -2.54. The summed E-state index contributed by atoms with van der Waals surface area (Å²) in [4.78, 5) is 20.2. The highest BCUT2D eigenvalue weighted by atomic mass is 16.5. The van der Waals surface area contributed by atoms with Gasteiger partial charge in [-0.3, -0.25) is 9.69 Å². The summed E-state index contributed by atoms with van der Waals surface area (Å²) in [5.74, 6) is 1.60. The molecular weight excluding hydrogens is 380 g/mol. The molecule has 2 aromatic rings. The molecule has 0 saturated carbocycles. The lowest BCUT2D eigenvalue weighted by Crippen LogP contribution is -2.56. The van der Waals surface area contributed by atoms with Crippen molar-refractivity contribution in [2.75, 3.05) is 51.3 Å². The summed E-state index contributed by atoms with van der Waals surface area (Å²) >= 11 is 0. The zero-order valence-electron chi connectivity index (χ0n) is 18.3. The highest BCUT2D eigenvalue weighted by Crippen LogP contribution is 2.25. The zero-order chi connectivity index (χ0) is 21.1. The first-order valence-corrected chi connectivity index (χ1v) is 11.0. The number of carbonyl (C=O) groups excluding carboxylic acids is 1. The van der Waals surface area contributed by atoms with E-state index in [2.05, 4.69) is 27.1 Å². The fourth-order valence-electron chi connectivity index (χ4n) is 4.67. The van der Waals surface area contributed by atoms with Crippen LogP contribution in [0.4, 0.5) is 5.69 Å². The van der Waals surface area contributed by atoms with Crippen molar-refractivity contribution in [2.45, 2.75) is 39.2 Å². The number of methoxy groups -OCH3 is 1. The van der Waals surface area contributed by atoms with Gasteiger partial charge in [0.25, 0.3) is 5.91 Å². The Kier molecular flexibility index (Phi) is 6.27. The summed E-state index contributed by atoms with van der Waals surface area (Å²) in [6.45, 7) is 9.48. The maximum atomic E-state index is 13.2.